The minimum Gasteiger partial charge on any atom is -0.312 e. The molecule has 0 bridgehead atoms. The van der Waals surface area contributed by atoms with Crippen LogP contribution in [0.1, 0.15) is 12.5 Å². The van der Waals surface area contributed by atoms with Crippen LogP contribution in [-0.2, 0) is 6.42 Å². The van der Waals surface area contributed by atoms with Crippen LogP contribution in [0.5, 0.6) is 0 Å². The Bertz CT molecular complexity index is 228. The van der Waals surface area contributed by atoms with E-state index in [-0.39, 0.29) is 0 Å². The van der Waals surface area contributed by atoms with E-state index in [2.05, 4.69) is 36.6 Å². The summed E-state index contributed by atoms with van der Waals surface area (Å²) in [5.74, 6) is 0. The van der Waals surface area contributed by atoms with Gasteiger partial charge in [-0.1, -0.05) is 19.1 Å². The molecule has 0 aromatic heterocycles. The first-order valence-electron chi connectivity index (χ1n) is 4.28. The third-order valence-corrected chi connectivity index (χ3v) is 2.07. The van der Waals surface area contributed by atoms with Gasteiger partial charge >= 0.3 is 0 Å². The van der Waals surface area contributed by atoms with E-state index in [0.717, 1.165) is 6.42 Å². The quantitative estimate of drug-likeness (QED) is 0.685. The summed E-state index contributed by atoms with van der Waals surface area (Å²) in [5.41, 5.74) is 5.62. The number of hydrogen-bond donors (Lipinski definition) is 1. The number of hydrogen-bond acceptors (Lipinski definition) is 2. The summed E-state index contributed by atoms with van der Waals surface area (Å²) < 4.78 is 0. The minimum absolute atomic E-state index is 1.10. The fourth-order valence-corrected chi connectivity index (χ4v) is 1.08. The van der Waals surface area contributed by atoms with E-state index in [1.54, 1.807) is 0 Å². The highest BCUT2D eigenvalue weighted by Gasteiger charge is 1.95. The molecule has 0 aliphatic carbocycles. The summed E-state index contributed by atoms with van der Waals surface area (Å²) in [6.45, 7) is 2.16. The number of nitrogens with zero attached hydrogens (tertiary/aromatic N) is 1. The molecule has 0 radical (unpaired) electrons. The number of benzene rings is 1. The lowest BCUT2D eigenvalue weighted by molar-refractivity contribution is 0.791. The topological polar surface area (TPSA) is 15.3 Å². The lowest BCUT2D eigenvalue weighted by Crippen LogP contribution is -2.30. The molecule has 0 spiro atoms. The summed E-state index contributed by atoms with van der Waals surface area (Å²) >= 11 is 0. The largest absolute Gasteiger partial charge is 0.312 e. The molecule has 2 heteroatoms. The number of nitrogens with one attached hydrogen (secondary N) is 1. The molecule has 1 aromatic rings. The molecule has 0 saturated carbocycles. The van der Waals surface area contributed by atoms with Gasteiger partial charge in [-0.25, -0.2) is 5.43 Å². The van der Waals surface area contributed by atoms with Crippen molar-refractivity contribution in [3.8, 4) is 0 Å². The normalized spacial score (nSPS) is 9.92. The minimum atomic E-state index is 1.10. The van der Waals surface area contributed by atoms with Crippen LogP contribution in [0.25, 0.3) is 0 Å². The molecule has 0 fully saturated rings. The van der Waals surface area contributed by atoms with E-state index in [9.17, 15) is 0 Å². The Hall–Kier alpha value is -1.02. The van der Waals surface area contributed by atoms with Gasteiger partial charge < -0.3 is 5.01 Å². The Balaban J connectivity index is 2.77. The molecule has 0 aliphatic heterocycles. The fraction of sp³-hybridized carbons (Fsp3) is 0.400. The van der Waals surface area contributed by atoms with Gasteiger partial charge in [-0.05, 0) is 24.1 Å². The Morgan fingerprint density at radius 1 is 1.25 bits per heavy atom. The monoisotopic (exact) mass is 164 g/mol. The van der Waals surface area contributed by atoms with E-state index in [1.807, 2.05) is 19.1 Å². The van der Waals surface area contributed by atoms with Crippen LogP contribution >= 0.6 is 0 Å². The van der Waals surface area contributed by atoms with Crippen LogP contribution in [0.15, 0.2) is 24.3 Å². The van der Waals surface area contributed by atoms with Gasteiger partial charge in [0.2, 0.25) is 0 Å². The van der Waals surface area contributed by atoms with Crippen molar-refractivity contribution in [3.63, 3.8) is 0 Å². The van der Waals surface area contributed by atoms with Gasteiger partial charge in [0.1, 0.15) is 0 Å². The molecule has 0 atom stereocenters. The van der Waals surface area contributed by atoms with E-state index in [1.165, 1.54) is 11.3 Å². The maximum atomic E-state index is 3.05. The Morgan fingerprint density at radius 2 is 1.83 bits per heavy atom. The molecule has 0 unspecified atom stereocenters. The van der Waals surface area contributed by atoms with Crippen LogP contribution in [0, 0.1) is 0 Å². The number of aryl methyl sites for hydroxylation is 1. The van der Waals surface area contributed by atoms with Gasteiger partial charge in [0.25, 0.3) is 0 Å². The highest BCUT2D eigenvalue weighted by Crippen LogP contribution is 2.11. The molecule has 1 rings (SSSR count). The number of rotatable bonds is 3. The van der Waals surface area contributed by atoms with Crippen molar-refractivity contribution < 1.29 is 0 Å². The molecule has 1 N–H and O–H groups in total. The van der Waals surface area contributed by atoms with Crippen molar-refractivity contribution >= 4 is 5.69 Å². The summed E-state index contributed by atoms with van der Waals surface area (Å²) in [4.78, 5) is 0. The highest BCUT2D eigenvalue weighted by atomic mass is 15.5. The zero-order chi connectivity index (χ0) is 8.97. The van der Waals surface area contributed by atoms with Crippen LogP contribution < -0.4 is 10.4 Å². The van der Waals surface area contributed by atoms with E-state index in [4.69, 9.17) is 0 Å². The molecule has 2 nitrogen and oxygen atoms in total. The maximum absolute atomic E-state index is 3.05. The van der Waals surface area contributed by atoms with E-state index < -0.39 is 0 Å². The third kappa shape index (κ3) is 1.98. The van der Waals surface area contributed by atoms with Crippen molar-refractivity contribution in [1.82, 2.24) is 5.43 Å². The Kier molecular flexibility index (Phi) is 3.11. The van der Waals surface area contributed by atoms with Gasteiger partial charge in [0, 0.05) is 14.1 Å². The first-order chi connectivity index (χ1) is 5.77. The van der Waals surface area contributed by atoms with Crippen LogP contribution in [0.2, 0.25) is 0 Å². The molecule has 1 aromatic carbocycles. The second-order valence-corrected chi connectivity index (χ2v) is 2.80. The van der Waals surface area contributed by atoms with Gasteiger partial charge in [-0.3, -0.25) is 0 Å². The second kappa shape index (κ2) is 4.12. The summed E-state index contributed by atoms with van der Waals surface area (Å²) in [5, 5.41) is 1.99. The molecular weight excluding hydrogens is 148 g/mol. The van der Waals surface area contributed by atoms with Gasteiger partial charge in [0.15, 0.2) is 0 Å². The van der Waals surface area contributed by atoms with Crippen molar-refractivity contribution in [1.29, 1.82) is 0 Å². The highest BCUT2D eigenvalue weighted by molar-refractivity contribution is 5.45. The SMILES string of the molecule is CCc1ccc(N(C)NC)cc1. The first kappa shape index (κ1) is 9.07. The lowest BCUT2D eigenvalue weighted by Gasteiger charge is -2.17. The predicted molar refractivity (Wildman–Crippen MR) is 53.3 cm³/mol. The molecule has 0 heterocycles. The Morgan fingerprint density at radius 3 is 2.25 bits per heavy atom. The maximum Gasteiger partial charge on any atom is 0.0516 e. The van der Waals surface area contributed by atoms with Crippen LogP contribution in [0.4, 0.5) is 5.69 Å². The van der Waals surface area contributed by atoms with Crippen LogP contribution in [-0.4, -0.2) is 14.1 Å². The summed E-state index contributed by atoms with van der Waals surface area (Å²) in [6, 6.07) is 8.55. The predicted octanol–water partition coefficient (Wildman–Crippen LogP) is 1.82. The van der Waals surface area contributed by atoms with Gasteiger partial charge in [0.05, 0.1) is 5.69 Å². The van der Waals surface area contributed by atoms with Crippen LogP contribution in [0.3, 0.4) is 0 Å². The second-order valence-electron chi connectivity index (χ2n) is 2.80. The third-order valence-electron chi connectivity index (χ3n) is 2.07. The van der Waals surface area contributed by atoms with E-state index in [0.29, 0.717) is 0 Å². The Labute approximate surface area is 74.2 Å². The van der Waals surface area contributed by atoms with Crippen molar-refractivity contribution in [2.75, 3.05) is 19.1 Å². The van der Waals surface area contributed by atoms with E-state index >= 15 is 0 Å². The number of anilines is 1. The lowest BCUT2D eigenvalue weighted by atomic mass is 10.1. The zero-order valence-corrected chi connectivity index (χ0v) is 7.96. The molecular formula is C10H16N2. The van der Waals surface area contributed by atoms with Gasteiger partial charge in [-0.15, -0.1) is 0 Å². The summed E-state index contributed by atoms with van der Waals surface area (Å²) in [6.07, 6.45) is 1.10. The average Bonchev–Trinajstić information content (AvgIpc) is 2.17. The standard InChI is InChI=1S/C10H16N2/c1-4-9-5-7-10(8-6-9)12(3)11-2/h5-8,11H,4H2,1-3H3. The molecule has 0 aliphatic rings. The zero-order valence-electron chi connectivity index (χ0n) is 7.96. The molecule has 0 amide bonds. The average molecular weight is 164 g/mol. The van der Waals surface area contributed by atoms with Crippen molar-refractivity contribution in [2.24, 2.45) is 0 Å². The molecule has 12 heavy (non-hydrogen) atoms. The fourth-order valence-electron chi connectivity index (χ4n) is 1.08. The smallest absolute Gasteiger partial charge is 0.0516 e. The first-order valence-corrected chi connectivity index (χ1v) is 4.28. The number of hydrazine groups is 1. The molecule has 66 valence electrons. The van der Waals surface area contributed by atoms with Crippen molar-refractivity contribution in [2.45, 2.75) is 13.3 Å². The van der Waals surface area contributed by atoms with Crippen molar-refractivity contribution in [3.05, 3.63) is 29.8 Å². The van der Waals surface area contributed by atoms with Gasteiger partial charge in [-0.2, -0.15) is 0 Å². The molecule has 0 saturated heterocycles. The summed E-state index contributed by atoms with van der Waals surface area (Å²) in [7, 11) is 3.91.